The average Bonchev–Trinajstić information content (AvgIpc) is 3.07. The van der Waals surface area contributed by atoms with E-state index in [-0.39, 0.29) is 18.1 Å². The van der Waals surface area contributed by atoms with Crippen LogP contribution in [0.5, 0.6) is 17.2 Å². The number of benzene rings is 2. The van der Waals surface area contributed by atoms with Crippen molar-refractivity contribution in [1.29, 1.82) is 0 Å². The maximum Gasteiger partial charge on any atom is 0.235 e. The summed E-state index contributed by atoms with van der Waals surface area (Å²) in [5.74, 6) is 1.43. The number of methoxy groups -OCH3 is 3. The van der Waals surface area contributed by atoms with Crippen molar-refractivity contribution in [3.63, 3.8) is 0 Å². The van der Waals surface area contributed by atoms with Crippen LogP contribution in [0, 0.1) is 0 Å². The summed E-state index contributed by atoms with van der Waals surface area (Å²) in [6, 6.07) is 10.2. The SMILES string of the molecule is COc1cc(N2CCCS2(=O)=O)ccc1NC(=O)Cc1ccc(OC)c(OC)c1. The maximum atomic E-state index is 12.5. The molecule has 1 aliphatic heterocycles. The molecular weight excluding hydrogens is 396 g/mol. The molecule has 29 heavy (non-hydrogen) atoms. The first-order valence-corrected chi connectivity index (χ1v) is 10.7. The fourth-order valence-corrected chi connectivity index (χ4v) is 4.79. The molecule has 0 aliphatic carbocycles. The van der Waals surface area contributed by atoms with Crippen LogP contribution < -0.4 is 23.8 Å². The number of carbonyl (C=O) groups is 1. The van der Waals surface area contributed by atoms with Crippen molar-refractivity contribution in [3.05, 3.63) is 42.0 Å². The molecule has 2 aromatic rings. The van der Waals surface area contributed by atoms with Gasteiger partial charge in [0.2, 0.25) is 15.9 Å². The standard InChI is InChI=1S/C20H24N2O6S/c1-26-17-8-5-14(11-19(17)28-3)12-20(23)21-16-7-6-15(13-18(16)27-2)22-9-4-10-29(22,24)25/h5-8,11,13H,4,9-10,12H2,1-3H3,(H,21,23). The number of sulfonamides is 1. The first-order chi connectivity index (χ1) is 13.9. The smallest absolute Gasteiger partial charge is 0.235 e. The van der Waals surface area contributed by atoms with E-state index in [1.54, 1.807) is 43.5 Å². The topological polar surface area (TPSA) is 94.2 Å². The summed E-state index contributed by atoms with van der Waals surface area (Å²) in [6.45, 7) is 0.441. The van der Waals surface area contributed by atoms with Crippen LogP contribution in [-0.4, -0.2) is 48.0 Å². The molecule has 1 aliphatic rings. The quantitative estimate of drug-likeness (QED) is 0.739. The Morgan fingerprint density at radius 3 is 2.34 bits per heavy atom. The van der Waals surface area contributed by atoms with Crippen LogP contribution in [0.15, 0.2) is 36.4 Å². The predicted molar refractivity (Wildman–Crippen MR) is 111 cm³/mol. The van der Waals surface area contributed by atoms with E-state index in [0.29, 0.717) is 41.6 Å². The third kappa shape index (κ3) is 4.56. The van der Waals surface area contributed by atoms with Crippen LogP contribution in [0.25, 0.3) is 0 Å². The van der Waals surface area contributed by atoms with Crippen molar-refractivity contribution in [1.82, 2.24) is 0 Å². The zero-order chi connectivity index (χ0) is 21.0. The summed E-state index contributed by atoms with van der Waals surface area (Å²) < 4.78 is 41.4. The number of amides is 1. The Bertz CT molecular complexity index is 1010. The lowest BCUT2D eigenvalue weighted by atomic mass is 10.1. The van der Waals surface area contributed by atoms with Crippen LogP contribution in [0.3, 0.4) is 0 Å². The Kier molecular flexibility index (Phi) is 6.17. The number of anilines is 2. The lowest BCUT2D eigenvalue weighted by Crippen LogP contribution is -2.25. The summed E-state index contributed by atoms with van der Waals surface area (Å²) >= 11 is 0. The van der Waals surface area contributed by atoms with Crippen molar-refractivity contribution in [2.75, 3.05) is 43.2 Å². The normalized spacial score (nSPS) is 15.1. The van der Waals surface area contributed by atoms with Crippen molar-refractivity contribution < 1.29 is 27.4 Å². The molecule has 0 spiro atoms. The van der Waals surface area contributed by atoms with E-state index in [4.69, 9.17) is 14.2 Å². The Hall–Kier alpha value is -2.94. The first-order valence-electron chi connectivity index (χ1n) is 9.07. The molecule has 1 N–H and O–H groups in total. The van der Waals surface area contributed by atoms with E-state index in [1.807, 2.05) is 0 Å². The zero-order valence-electron chi connectivity index (χ0n) is 16.6. The average molecular weight is 420 g/mol. The summed E-state index contributed by atoms with van der Waals surface area (Å²) in [4.78, 5) is 12.5. The first kappa shape index (κ1) is 20.8. The second-order valence-electron chi connectivity index (χ2n) is 6.54. The molecule has 9 heteroatoms. The predicted octanol–water partition coefficient (Wildman–Crippen LogP) is 2.43. The fraction of sp³-hybridized carbons (Fsp3) is 0.350. The Labute approximate surface area is 170 Å². The number of ether oxygens (including phenoxy) is 3. The largest absolute Gasteiger partial charge is 0.494 e. The minimum Gasteiger partial charge on any atom is -0.494 e. The lowest BCUT2D eigenvalue weighted by Gasteiger charge is -2.19. The molecule has 1 fully saturated rings. The molecule has 1 amide bonds. The molecule has 0 saturated carbocycles. The van der Waals surface area contributed by atoms with Crippen LogP contribution >= 0.6 is 0 Å². The molecule has 0 bridgehead atoms. The van der Waals surface area contributed by atoms with E-state index < -0.39 is 10.0 Å². The molecule has 0 aromatic heterocycles. The van der Waals surface area contributed by atoms with Gasteiger partial charge in [-0.25, -0.2) is 8.42 Å². The van der Waals surface area contributed by atoms with E-state index >= 15 is 0 Å². The molecule has 156 valence electrons. The number of nitrogens with zero attached hydrogens (tertiary/aromatic N) is 1. The minimum atomic E-state index is -3.29. The van der Waals surface area contributed by atoms with Crippen LogP contribution in [-0.2, 0) is 21.2 Å². The second-order valence-corrected chi connectivity index (χ2v) is 8.55. The van der Waals surface area contributed by atoms with E-state index in [0.717, 1.165) is 5.56 Å². The van der Waals surface area contributed by atoms with Gasteiger partial charge in [-0.15, -0.1) is 0 Å². The van der Waals surface area contributed by atoms with Gasteiger partial charge in [-0.05, 0) is 36.2 Å². The van der Waals surface area contributed by atoms with Crippen LogP contribution in [0.4, 0.5) is 11.4 Å². The van der Waals surface area contributed by atoms with Gasteiger partial charge in [-0.3, -0.25) is 9.10 Å². The van der Waals surface area contributed by atoms with Crippen LogP contribution in [0.1, 0.15) is 12.0 Å². The third-order valence-corrected chi connectivity index (χ3v) is 6.53. The number of rotatable bonds is 7. The molecular formula is C20H24N2O6S. The monoisotopic (exact) mass is 420 g/mol. The molecule has 2 aromatic carbocycles. The summed E-state index contributed by atoms with van der Waals surface area (Å²) in [7, 11) is 1.27. The van der Waals surface area contributed by atoms with Gasteiger partial charge in [0, 0.05) is 12.6 Å². The summed E-state index contributed by atoms with van der Waals surface area (Å²) in [5, 5.41) is 2.81. The molecule has 3 rings (SSSR count). The Morgan fingerprint density at radius 1 is 1.00 bits per heavy atom. The van der Waals surface area contributed by atoms with Gasteiger partial charge >= 0.3 is 0 Å². The highest BCUT2D eigenvalue weighted by atomic mass is 32.2. The highest BCUT2D eigenvalue weighted by molar-refractivity contribution is 7.93. The second kappa shape index (κ2) is 8.60. The Balaban J connectivity index is 1.75. The number of hydrogen-bond donors (Lipinski definition) is 1. The van der Waals surface area contributed by atoms with E-state index in [1.165, 1.54) is 18.5 Å². The van der Waals surface area contributed by atoms with Gasteiger partial charge in [0.1, 0.15) is 5.75 Å². The molecule has 8 nitrogen and oxygen atoms in total. The van der Waals surface area contributed by atoms with Gasteiger partial charge in [-0.2, -0.15) is 0 Å². The van der Waals surface area contributed by atoms with Crippen molar-refractivity contribution in [3.8, 4) is 17.2 Å². The zero-order valence-corrected chi connectivity index (χ0v) is 17.4. The summed E-state index contributed by atoms with van der Waals surface area (Å²) in [6.07, 6.45) is 0.722. The number of carbonyl (C=O) groups excluding carboxylic acids is 1. The van der Waals surface area contributed by atoms with Crippen molar-refractivity contribution in [2.24, 2.45) is 0 Å². The number of hydrogen-bond acceptors (Lipinski definition) is 6. The van der Waals surface area contributed by atoms with Gasteiger partial charge in [0.25, 0.3) is 0 Å². The maximum absolute atomic E-state index is 12.5. The van der Waals surface area contributed by atoms with Gasteiger partial charge in [0.05, 0.1) is 44.9 Å². The van der Waals surface area contributed by atoms with Crippen molar-refractivity contribution >= 4 is 27.3 Å². The fourth-order valence-electron chi connectivity index (χ4n) is 3.24. The minimum absolute atomic E-state index is 0.131. The highest BCUT2D eigenvalue weighted by Crippen LogP contribution is 2.33. The van der Waals surface area contributed by atoms with E-state index in [9.17, 15) is 13.2 Å². The van der Waals surface area contributed by atoms with Crippen molar-refractivity contribution in [2.45, 2.75) is 12.8 Å². The van der Waals surface area contributed by atoms with Gasteiger partial charge in [0.15, 0.2) is 11.5 Å². The molecule has 0 unspecified atom stereocenters. The molecule has 1 saturated heterocycles. The highest BCUT2D eigenvalue weighted by Gasteiger charge is 2.29. The molecule has 0 atom stereocenters. The number of nitrogens with one attached hydrogen (secondary N) is 1. The van der Waals surface area contributed by atoms with E-state index in [2.05, 4.69) is 5.32 Å². The van der Waals surface area contributed by atoms with Gasteiger partial charge < -0.3 is 19.5 Å². The lowest BCUT2D eigenvalue weighted by molar-refractivity contribution is -0.115. The molecule has 1 heterocycles. The summed E-state index contributed by atoms with van der Waals surface area (Å²) in [5.41, 5.74) is 1.76. The molecule has 0 radical (unpaired) electrons. The third-order valence-electron chi connectivity index (χ3n) is 4.66. The van der Waals surface area contributed by atoms with Crippen LogP contribution in [0.2, 0.25) is 0 Å². The Morgan fingerprint density at radius 2 is 1.72 bits per heavy atom. The van der Waals surface area contributed by atoms with Gasteiger partial charge in [-0.1, -0.05) is 6.07 Å².